The van der Waals surface area contributed by atoms with Gasteiger partial charge in [-0.05, 0) is 49.5 Å². The number of amides is 1. The number of nitrogens with one attached hydrogen (secondary N) is 1. The number of hydrogen-bond acceptors (Lipinski definition) is 5. The molecule has 0 radical (unpaired) electrons. The van der Waals surface area contributed by atoms with E-state index in [4.69, 9.17) is 15.3 Å². The molecule has 1 aromatic carbocycles. The standard InChI is InChI=1S/C18H17N3O3/c1-18(12-20,15-7-8-15)21-16(22)11-24-17(23)9-6-13-2-4-14(10-19)5-3-13/h2-6,9,15H,7-8,11H2,1H3,(H,21,22)/b9-6+/t18-/m0/s1. The Morgan fingerprint density at radius 2 is 2.00 bits per heavy atom. The second-order valence-corrected chi connectivity index (χ2v) is 5.81. The predicted molar refractivity (Wildman–Crippen MR) is 86.0 cm³/mol. The molecule has 1 N–H and O–H groups in total. The van der Waals surface area contributed by atoms with Gasteiger partial charge in [0.25, 0.3) is 5.91 Å². The monoisotopic (exact) mass is 323 g/mol. The van der Waals surface area contributed by atoms with E-state index in [2.05, 4.69) is 11.4 Å². The van der Waals surface area contributed by atoms with Gasteiger partial charge in [-0.15, -0.1) is 0 Å². The Hall–Kier alpha value is -3.12. The van der Waals surface area contributed by atoms with Crippen LogP contribution in [0.25, 0.3) is 6.08 Å². The number of ether oxygens (including phenoxy) is 1. The molecule has 1 fully saturated rings. The first-order valence-electron chi connectivity index (χ1n) is 7.54. The summed E-state index contributed by atoms with van der Waals surface area (Å²) < 4.78 is 4.86. The van der Waals surface area contributed by atoms with Crippen molar-refractivity contribution in [2.45, 2.75) is 25.3 Å². The Labute approximate surface area is 140 Å². The van der Waals surface area contributed by atoms with Crippen LogP contribution < -0.4 is 5.32 Å². The number of nitriles is 2. The van der Waals surface area contributed by atoms with Crippen LogP contribution in [0.15, 0.2) is 30.3 Å². The number of rotatable bonds is 6. The van der Waals surface area contributed by atoms with Crippen molar-refractivity contribution in [1.82, 2.24) is 5.32 Å². The van der Waals surface area contributed by atoms with E-state index in [0.717, 1.165) is 18.4 Å². The van der Waals surface area contributed by atoms with Gasteiger partial charge in [-0.25, -0.2) is 4.79 Å². The minimum atomic E-state index is -0.901. The lowest BCUT2D eigenvalue weighted by atomic mass is 9.98. The van der Waals surface area contributed by atoms with Crippen molar-refractivity contribution in [2.75, 3.05) is 6.61 Å². The van der Waals surface area contributed by atoms with Crippen molar-refractivity contribution in [1.29, 1.82) is 10.5 Å². The van der Waals surface area contributed by atoms with Crippen molar-refractivity contribution in [2.24, 2.45) is 5.92 Å². The number of hydrogen-bond donors (Lipinski definition) is 1. The number of nitrogens with zero attached hydrogens (tertiary/aromatic N) is 2. The van der Waals surface area contributed by atoms with E-state index < -0.39 is 24.0 Å². The number of carbonyl (C=O) groups excluding carboxylic acids is 2. The molecule has 0 unspecified atom stereocenters. The van der Waals surface area contributed by atoms with Crippen molar-refractivity contribution < 1.29 is 14.3 Å². The highest BCUT2D eigenvalue weighted by Gasteiger charge is 2.43. The van der Waals surface area contributed by atoms with Gasteiger partial charge in [0, 0.05) is 6.08 Å². The van der Waals surface area contributed by atoms with Crippen LogP contribution >= 0.6 is 0 Å². The smallest absolute Gasteiger partial charge is 0.331 e. The summed E-state index contributed by atoms with van der Waals surface area (Å²) in [5, 5.41) is 20.5. The molecule has 0 aliphatic heterocycles. The summed E-state index contributed by atoms with van der Waals surface area (Å²) in [6.45, 7) is 1.25. The Kier molecular flexibility index (Phi) is 5.34. The molecule has 24 heavy (non-hydrogen) atoms. The maximum absolute atomic E-state index is 11.8. The molecule has 1 aliphatic carbocycles. The summed E-state index contributed by atoms with van der Waals surface area (Å²) in [7, 11) is 0. The van der Waals surface area contributed by atoms with Crippen LogP contribution in [0.5, 0.6) is 0 Å². The van der Waals surface area contributed by atoms with E-state index in [1.54, 1.807) is 31.2 Å². The van der Waals surface area contributed by atoms with Crippen molar-refractivity contribution in [3.63, 3.8) is 0 Å². The lowest BCUT2D eigenvalue weighted by Crippen LogP contribution is -2.48. The van der Waals surface area contributed by atoms with E-state index in [9.17, 15) is 9.59 Å². The number of benzene rings is 1. The molecule has 1 saturated carbocycles. The van der Waals surface area contributed by atoms with E-state index in [0.29, 0.717) is 5.56 Å². The normalized spacial score (nSPS) is 15.8. The van der Waals surface area contributed by atoms with Crippen LogP contribution in [0.3, 0.4) is 0 Å². The third kappa shape index (κ3) is 4.69. The molecule has 1 amide bonds. The quantitative estimate of drug-likeness (QED) is 0.636. The Morgan fingerprint density at radius 1 is 1.33 bits per heavy atom. The first-order valence-corrected chi connectivity index (χ1v) is 7.54. The molecule has 0 heterocycles. The maximum Gasteiger partial charge on any atom is 0.331 e. The minimum Gasteiger partial charge on any atom is -0.452 e. The fraction of sp³-hybridized carbons (Fsp3) is 0.333. The van der Waals surface area contributed by atoms with Gasteiger partial charge >= 0.3 is 5.97 Å². The first kappa shape index (κ1) is 17.2. The summed E-state index contributed by atoms with van der Waals surface area (Å²) in [4.78, 5) is 23.4. The highest BCUT2D eigenvalue weighted by molar-refractivity contribution is 5.89. The lowest BCUT2D eigenvalue weighted by molar-refractivity contribution is -0.144. The van der Waals surface area contributed by atoms with E-state index in [1.807, 2.05) is 6.07 Å². The van der Waals surface area contributed by atoms with Crippen LogP contribution in [0.2, 0.25) is 0 Å². The predicted octanol–water partition coefficient (Wildman–Crippen LogP) is 1.92. The molecule has 6 heteroatoms. The zero-order valence-electron chi connectivity index (χ0n) is 13.3. The Balaban J connectivity index is 1.80. The van der Waals surface area contributed by atoms with Gasteiger partial charge in [-0.2, -0.15) is 10.5 Å². The second-order valence-electron chi connectivity index (χ2n) is 5.81. The maximum atomic E-state index is 11.8. The van der Waals surface area contributed by atoms with Gasteiger partial charge in [0.05, 0.1) is 17.7 Å². The fourth-order valence-corrected chi connectivity index (χ4v) is 2.23. The van der Waals surface area contributed by atoms with Gasteiger partial charge in [0.15, 0.2) is 6.61 Å². The average Bonchev–Trinajstić information content (AvgIpc) is 3.44. The third-order valence-corrected chi connectivity index (χ3v) is 3.82. The summed E-state index contributed by atoms with van der Waals surface area (Å²) in [6.07, 6.45) is 4.57. The molecule has 0 saturated heterocycles. The van der Waals surface area contributed by atoms with Gasteiger partial charge in [-0.3, -0.25) is 4.79 Å². The van der Waals surface area contributed by atoms with Crippen molar-refractivity contribution >= 4 is 18.0 Å². The Morgan fingerprint density at radius 3 is 2.54 bits per heavy atom. The zero-order valence-corrected chi connectivity index (χ0v) is 13.3. The SMILES string of the molecule is C[C@@](C#N)(NC(=O)COC(=O)/C=C/c1ccc(C#N)cc1)C1CC1. The molecule has 1 atom stereocenters. The molecule has 1 aliphatic rings. The highest BCUT2D eigenvalue weighted by atomic mass is 16.5. The van der Waals surface area contributed by atoms with E-state index in [1.165, 1.54) is 12.2 Å². The van der Waals surface area contributed by atoms with Gasteiger partial charge < -0.3 is 10.1 Å². The fourth-order valence-electron chi connectivity index (χ4n) is 2.23. The largest absolute Gasteiger partial charge is 0.452 e. The van der Waals surface area contributed by atoms with E-state index >= 15 is 0 Å². The van der Waals surface area contributed by atoms with Gasteiger partial charge in [-0.1, -0.05) is 12.1 Å². The van der Waals surface area contributed by atoms with Crippen molar-refractivity contribution in [3.05, 3.63) is 41.5 Å². The molecule has 2 rings (SSSR count). The summed E-state index contributed by atoms with van der Waals surface area (Å²) in [5.74, 6) is -0.982. The number of carbonyl (C=O) groups is 2. The van der Waals surface area contributed by atoms with Crippen LogP contribution in [0.1, 0.15) is 30.9 Å². The minimum absolute atomic E-state index is 0.165. The summed E-state index contributed by atoms with van der Waals surface area (Å²) >= 11 is 0. The van der Waals surface area contributed by atoms with Crippen LogP contribution in [-0.4, -0.2) is 24.0 Å². The van der Waals surface area contributed by atoms with Crippen LogP contribution in [0, 0.1) is 28.6 Å². The molecule has 0 aromatic heterocycles. The molecule has 6 nitrogen and oxygen atoms in total. The third-order valence-electron chi connectivity index (χ3n) is 3.82. The van der Waals surface area contributed by atoms with Crippen molar-refractivity contribution in [3.8, 4) is 12.1 Å². The molecule has 0 bridgehead atoms. The zero-order chi connectivity index (χ0) is 17.6. The van der Waals surface area contributed by atoms with E-state index in [-0.39, 0.29) is 5.92 Å². The average molecular weight is 323 g/mol. The molecular weight excluding hydrogens is 306 g/mol. The summed E-state index contributed by atoms with van der Waals surface area (Å²) in [6, 6.07) is 10.8. The van der Waals surface area contributed by atoms with Crippen LogP contribution in [0.4, 0.5) is 0 Å². The van der Waals surface area contributed by atoms with Gasteiger partial charge in [0.1, 0.15) is 5.54 Å². The molecule has 0 spiro atoms. The molecule has 1 aromatic rings. The molecular formula is C18H17N3O3. The second kappa shape index (κ2) is 7.43. The highest BCUT2D eigenvalue weighted by Crippen LogP contribution is 2.39. The molecule has 122 valence electrons. The summed E-state index contributed by atoms with van der Waals surface area (Å²) in [5.41, 5.74) is 0.366. The Bertz CT molecular complexity index is 736. The topological polar surface area (TPSA) is 103 Å². The number of esters is 1. The van der Waals surface area contributed by atoms with Crippen LogP contribution in [-0.2, 0) is 14.3 Å². The lowest BCUT2D eigenvalue weighted by Gasteiger charge is -2.22. The van der Waals surface area contributed by atoms with Gasteiger partial charge in [0.2, 0.25) is 0 Å². The first-order chi connectivity index (χ1) is 11.5.